The predicted molar refractivity (Wildman–Crippen MR) is 100 cm³/mol. The standard InChI is InChI=1S/C20H25N5O/c1-16-5-6-18(23-22-16)24-12-7-20(8-13-24)9-14-25(15-10-20)19(26)17-4-2-3-11-21-17/h2-6,11H,7-10,12-15H2,1H3. The van der Waals surface area contributed by atoms with Crippen molar-refractivity contribution < 1.29 is 4.79 Å². The SMILES string of the molecule is Cc1ccc(N2CCC3(CCN(C(=O)c4ccccn4)CC3)CC2)nn1. The van der Waals surface area contributed by atoms with Gasteiger partial charge in [0.1, 0.15) is 5.69 Å². The van der Waals surface area contributed by atoms with E-state index in [1.165, 1.54) is 0 Å². The predicted octanol–water partition coefficient (Wildman–Crippen LogP) is 2.70. The number of hydrogen-bond acceptors (Lipinski definition) is 5. The lowest BCUT2D eigenvalue weighted by atomic mass is 9.71. The van der Waals surface area contributed by atoms with Crippen LogP contribution in [0.25, 0.3) is 0 Å². The highest BCUT2D eigenvalue weighted by Gasteiger charge is 2.39. The lowest BCUT2D eigenvalue weighted by Crippen LogP contribution is -2.48. The summed E-state index contributed by atoms with van der Waals surface area (Å²) in [6, 6.07) is 9.60. The zero-order chi connectivity index (χ0) is 18.0. The van der Waals surface area contributed by atoms with Gasteiger partial charge in [-0.05, 0) is 62.3 Å². The average molecular weight is 351 g/mol. The van der Waals surface area contributed by atoms with Crippen molar-refractivity contribution in [3.63, 3.8) is 0 Å². The molecule has 6 heteroatoms. The van der Waals surface area contributed by atoms with Crippen molar-refractivity contribution >= 4 is 11.7 Å². The number of carbonyl (C=O) groups excluding carboxylic acids is 1. The number of amides is 1. The van der Waals surface area contributed by atoms with E-state index in [-0.39, 0.29) is 5.91 Å². The highest BCUT2D eigenvalue weighted by Crippen LogP contribution is 2.42. The summed E-state index contributed by atoms with van der Waals surface area (Å²) in [5.74, 6) is 1.04. The minimum absolute atomic E-state index is 0.0628. The lowest BCUT2D eigenvalue weighted by molar-refractivity contribution is 0.0509. The third-order valence-electron chi connectivity index (χ3n) is 5.93. The normalized spacial score (nSPS) is 19.6. The fraction of sp³-hybridized carbons (Fsp3) is 0.500. The highest BCUT2D eigenvalue weighted by molar-refractivity contribution is 5.92. The van der Waals surface area contributed by atoms with Crippen molar-refractivity contribution in [2.45, 2.75) is 32.6 Å². The Kier molecular flexibility index (Phi) is 4.57. The minimum atomic E-state index is 0.0628. The molecule has 136 valence electrons. The van der Waals surface area contributed by atoms with Crippen LogP contribution in [0.2, 0.25) is 0 Å². The second-order valence-corrected chi connectivity index (χ2v) is 7.53. The van der Waals surface area contributed by atoms with Gasteiger partial charge in [-0.25, -0.2) is 0 Å². The Hall–Kier alpha value is -2.50. The molecule has 2 aliphatic rings. The van der Waals surface area contributed by atoms with Crippen LogP contribution in [0.5, 0.6) is 0 Å². The van der Waals surface area contributed by atoms with Gasteiger partial charge in [-0.1, -0.05) is 6.07 Å². The molecule has 2 aromatic heterocycles. The molecule has 0 radical (unpaired) electrons. The average Bonchev–Trinajstić information content (AvgIpc) is 2.70. The number of carbonyl (C=O) groups is 1. The van der Waals surface area contributed by atoms with Crippen molar-refractivity contribution in [3.05, 3.63) is 47.9 Å². The number of aromatic nitrogens is 3. The van der Waals surface area contributed by atoms with Crippen LogP contribution in [-0.4, -0.2) is 52.2 Å². The summed E-state index contributed by atoms with van der Waals surface area (Å²) in [5.41, 5.74) is 1.87. The molecule has 4 rings (SSSR count). The van der Waals surface area contributed by atoms with Crippen molar-refractivity contribution in [1.29, 1.82) is 0 Å². The van der Waals surface area contributed by atoms with Crippen molar-refractivity contribution in [3.8, 4) is 0 Å². The van der Waals surface area contributed by atoms with E-state index in [9.17, 15) is 4.79 Å². The van der Waals surface area contributed by atoms with Gasteiger partial charge in [0.15, 0.2) is 5.82 Å². The molecule has 0 N–H and O–H groups in total. The van der Waals surface area contributed by atoms with Crippen LogP contribution in [-0.2, 0) is 0 Å². The fourth-order valence-electron chi connectivity index (χ4n) is 4.11. The number of pyridine rings is 1. The molecule has 0 bridgehead atoms. The first-order valence-electron chi connectivity index (χ1n) is 9.41. The van der Waals surface area contributed by atoms with E-state index in [1.807, 2.05) is 30.0 Å². The third kappa shape index (κ3) is 3.41. The Balaban J connectivity index is 1.33. The Labute approximate surface area is 154 Å². The fourth-order valence-corrected chi connectivity index (χ4v) is 4.11. The van der Waals surface area contributed by atoms with Gasteiger partial charge in [-0.15, -0.1) is 5.10 Å². The molecule has 2 aliphatic heterocycles. The quantitative estimate of drug-likeness (QED) is 0.832. The summed E-state index contributed by atoms with van der Waals surface area (Å²) in [4.78, 5) is 21.1. The van der Waals surface area contributed by atoms with Gasteiger partial charge in [-0.2, -0.15) is 5.10 Å². The molecule has 6 nitrogen and oxygen atoms in total. The van der Waals surface area contributed by atoms with Crippen LogP contribution in [0.3, 0.4) is 0 Å². The van der Waals surface area contributed by atoms with Crippen LogP contribution in [0.4, 0.5) is 5.82 Å². The number of hydrogen-bond donors (Lipinski definition) is 0. The van der Waals surface area contributed by atoms with E-state index in [4.69, 9.17) is 0 Å². The maximum absolute atomic E-state index is 12.6. The first kappa shape index (κ1) is 16.9. The number of likely N-dealkylation sites (tertiary alicyclic amines) is 1. The topological polar surface area (TPSA) is 62.2 Å². The van der Waals surface area contributed by atoms with Crippen LogP contribution in [0.15, 0.2) is 36.5 Å². The summed E-state index contributed by atoms with van der Waals surface area (Å²) in [7, 11) is 0. The summed E-state index contributed by atoms with van der Waals surface area (Å²) in [6.07, 6.45) is 6.17. The van der Waals surface area contributed by atoms with Crippen molar-refractivity contribution in [2.75, 3.05) is 31.1 Å². The third-order valence-corrected chi connectivity index (χ3v) is 5.93. The molecule has 4 heterocycles. The Morgan fingerprint density at radius 3 is 2.31 bits per heavy atom. The Bertz CT molecular complexity index is 744. The van der Waals surface area contributed by atoms with Crippen LogP contribution in [0.1, 0.15) is 41.9 Å². The largest absolute Gasteiger partial charge is 0.355 e. The van der Waals surface area contributed by atoms with E-state index >= 15 is 0 Å². The second-order valence-electron chi connectivity index (χ2n) is 7.53. The minimum Gasteiger partial charge on any atom is -0.355 e. The molecular weight excluding hydrogens is 326 g/mol. The first-order valence-corrected chi connectivity index (χ1v) is 9.41. The number of anilines is 1. The van der Waals surface area contributed by atoms with Gasteiger partial charge in [0.2, 0.25) is 0 Å². The zero-order valence-corrected chi connectivity index (χ0v) is 15.3. The van der Waals surface area contributed by atoms with E-state index in [2.05, 4.69) is 26.1 Å². The van der Waals surface area contributed by atoms with E-state index in [1.54, 1.807) is 12.3 Å². The maximum Gasteiger partial charge on any atom is 0.272 e. The summed E-state index contributed by atoms with van der Waals surface area (Å²) in [5, 5.41) is 8.50. The van der Waals surface area contributed by atoms with E-state index in [0.717, 1.165) is 63.4 Å². The monoisotopic (exact) mass is 351 g/mol. The molecule has 2 saturated heterocycles. The number of nitrogens with zero attached hydrogens (tertiary/aromatic N) is 5. The van der Waals surface area contributed by atoms with Crippen molar-refractivity contribution in [2.24, 2.45) is 5.41 Å². The summed E-state index contributed by atoms with van der Waals surface area (Å²) >= 11 is 0. The van der Waals surface area contributed by atoms with Gasteiger partial charge < -0.3 is 9.80 Å². The molecule has 2 fully saturated rings. The van der Waals surface area contributed by atoms with Crippen LogP contribution < -0.4 is 4.90 Å². The van der Waals surface area contributed by atoms with Crippen LogP contribution >= 0.6 is 0 Å². The molecule has 26 heavy (non-hydrogen) atoms. The van der Waals surface area contributed by atoms with Crippen molar-refractivity contribution in [1.82, 2.24) is 20.1 Å². The second kappa shape index (κ2) is 7.02. The molecule has 2 aromatic rings. The highest BCUT2D eigenvalue weighted by atomic mass is 16.2. The van der Waals surface area contributed by atoms with E-state index < -0.39 is 0 Å². The number of piperidine rings is 2. The Morgan fingerprint density at radius 1 is 0.962 bits per heavy atom. The molecule has 0 atom stereocenters. The summed E-state index contributed by atoms with van der Waals surface area (Å²) in [6.45, 7) is 5.67. The molecule has 0 unspecified atom stereocenters. The Morgan fingerprint density at radius 2 is 1.69 bits per heavy atom. The van der Waals surface area contributed by atoms with Gasteiger partial charge in [-0.3, -0.25) is 9.78 Å². The first-order chi connectivity index (χ1) is 12.7. The van der Waals surface area contributed by atoms with Gasteiger partial charge in [0, 0.05) is 32.4 Å². The van der Waals surface area contributed by atoms with Gasteiger partial charge >= 0.3 is 0 Å². The number of rotatable bonds is 2. The molecule has 1 amide bonds. The molecule has 1 spiro atoms. The molecule has 0 aliphatic carbocycles. The molecular formula is C20H25N5O. The smallest absolute Gasteiger partial charge is 0.272 e. The zero-order valence-electron chi connectivity index (χ0n) is 15.3. The lowest BCUT2D eigenvalue weighted by Gasteiger charge is -2.47. The molecule has 0 aromatic carbocycles. The van der Waals surface area contributed by atoms with E-state index in [0.29, 0.717) is 11.1 Å². The maximum atomic E-state index is 12.6. The van der Waals surface area contributed by atoms with Crippen LogP contribution in [0, 0.1) is 12.3 Å². The molecule has 0 saturated carbocycles. The van der Waals surface area contributed by atoms with Gasteiger partial charge in [0.05, 0.1) is 5.69 Å². The number of aryl methyl sites for hydroxylation is 1. The van der Waals surface area contributed by atoms with Gasteiger partial charge in [0.25, 0.3) is 5.91 Å². The summed E-state index contributed by atoms with van der Waals surface area (Å²) < 4.78 is 0.